The quantitative estimate of drug-likeness (QED) is 0.524. The number of para-hydroxylation sites is 2. The van der Waals surface area contributed by atoms with Crippen molar-refractivity contribution in [3.63, 3.8) is 0 Å². The van der Waals surface area contributed by atoms with Crippen LogP contribution in [0, 0.1) is 6.92 Å². The molecular formula is C19H23N3OSi. The average Bonchev–Trinajstić information content (AvgIpc) is 2.93. The van der Waals surface area contributed by atoms with Gasteiger partial charge in [-0.15, -0.1) is 0 Å². The van der Waals surface area contributed by atoms with E-state index in [0.717, 1.165) is 39.6 Å². The van der Waals surface area contributed by atoms with Crippen molar-refractivity contribution in [1.29, 1.82) is 0 Å². The number of aromatic amines is 1. The van der Waals surface area contributed by atoms with E-state index in [-0.39, 0.29) is 0 Å². The number of nitrogens with one attached hydrogen (secondary N) is 1. The van der Waals surface area contributed by atoms with Gasteiger partial charge in [0.15, 0.2) is 5.82 Å². The summed E-state index contributed by atoms with van der Waals surface area (Å²) >= 11 is 0. The Balaban J connectivity index is 2.01. The van der Waals surface area contributed by atoms with Crippen LogP contribution in [0.2, 0.25) is 19.6 Å². The minimum absolute atomic E-state index is 0.789. The van der Waals surface area contributed by atoms with E-state index in [9.17, 15) is 0 Å². The van der Waals surface area contributed by atoms with Crippen molar-refractivity contribution in [2.45, 2.75) is 33.5 Å². The Labute approximate surface area is 143 Å². The Morgan fingerprint density at radius 3 is 2.58 bits per heavy atom. The van der Waals surface area contributed by atoms with Crippen LogP contribution < -0.4 is 4.43 Å². The molecule has 1 N–H and O–H groups in total. The molecular weight excluding hydrogens is 314 g/mol. The van der Waals surface area contributed by atoms with Crippen LogP contribution in [0.15, 0.2) is 47.5 Å². The Morgan fingerprint density at radius 1 is 1.12 bits per heavy atom. The van der Waals surface area contributed by atoms with Crippen LogP contribution in [0.5, 0.6) is 5.75 Å². The van der Waals surface area contributed by atoms with Crippen molar-refractivity contribution in [3.8, 4) is 5.75 Å². The van der Waals surface area contributed by atoms with E-state index in [4.69, 9.17) is 9.42 Å². The zero-order chi connectivity index (χ0) is 17.3. The lowest BCUT2D eigenvalue weighted by Crippen LogP contribution is -2.29. The number of aryl methyl sites for hydroxylation is 1. The summed E-state index contributed by atoms with van der Waals surface area (Å²) < 4.78 is 6.18. The molecule has 0 unspecified atom stereocenters. The van der Waals surface area contributed by atoms with Gasteiger partial charge >= 0.3 is 0 Å². The van der Waals surface area contributed by atoms with Crippen LogP contribution in [0.25, 0.3) is 11.0 Å². The summed E-state index contributed by atoms with van der Waals surface area (Å²) in [5.74, 6) is 1.63. The van der Waals surface area contributed by atoms with Crippen LogP contribution in [0.4, 0.5) is 5.69 Å². The summed E-state index contributed by atoms with van der Waals surface area (Å²) in [4.78, 5) is 12.7. The minimum Gasteiger partial charge on any atom is -0.543 e. The first-order valence-corrected chi connectivity index (χ1v) is 11.5. The van der Waals surface area contributed by atoms with Gasteiger partial charge in [0.1, 0.15) is 11.4 Å². The summed E-state index contributed by atoms with van der Waals surface area (Å²) in [6, 6.07) is 14.1. The van der Waals surface area contributed by atoms with Crippen molar-refractivity contribution in [3.05, 3.63) is 53.9 Å². The van der Waals surface area contributed by atoms with Gasteiger partial charge in [-0.2, -0.15) is 0 Å². The lowest BCUT2D eigenvalue weighted by Gasteiger charge is -2.20. The number of aliphatic imine (C=N–C) groups is 1. The zero-order valence-electron chi connectivity index (χ0n) is 14.8. The van der Waals surface area contributed by atoms with Crippen LogP contribution in [0.1, 0.15) is 18.3 Å². The third-order valence-electron chi connectivity index (χ3n) is 3.55. The number of hydrogen-bond acceptors (Lipinski definition) is 3. The molecule has 2 aromatic carbocycles. The SMILES string of the molecule is CC(=Nc1cc(C)ccc1O[Si](C)(C)C)c1nc2ccccc2[nH]1. The molecule has 0 fully saturated rings. The fourth-order valence-electron chi connectivity index (χ4n) is 2.49. The minimum atomic E-state index is -1.70. The molecule has 4 nitrogen and oxygen atoms in total. The van der Waals surface area contributed by atoms with E-state index in [1.165, 1.54) is 0 Å². The monoisotopic (exact) mass is 337 g/mol. The number of imidazole rings is 1. The highest BCUT2D eigenvalue weighted by atomic mass is 28.4. The second-order valence-corrected chi connectivity index (χ2v) is 11.4. The Kier molecular flexibility index (Phi) is 4.28. The topological polar surface area (TPSA) is 50.3 Å². The number of rotatable bonds is 4. The lowest BCUT2D eigenvalue weighted by atomic mass is 10.2. The molecule has 124 valence electrons. The fourth-order valence-corrected chi connectivity index (χ4v) is 3.32. The maximum Gasteiger partial charge on any atom is 0.242 e. The van der Waals surface area contributed by atoms with E-state index in [0.29, 0.717) is 0 Å². The summed E-state index contributed by atoms with van der Waals surface area (Å²) in [7, 11) is -1.70. The van der Waals surface area contributed by atoms with E-state index in [1.54, 1.807) is 0 Å². The Morgan fingerprint density at radius 2 is 1.88 bits per heavy atom. The van der Waals surface area contributed by atoms with E-state index in [2.05, 4.69) is 48.7 Å². The first kappa shape index (κ1) is 16.5. The third kappa shape index (κ3) is 3.74. The summed E-state index contributed by atoms with van der Waals surface area (Å²) in [6.07, 6.45) is 0. The lowest BCUT2D eigenvalue weighted by molar-refractivity contribution is 0.559. The van der Waals surface area contributed by atoms with Crippen LogP contribution in [-0.2, 0) is 0 Å². The molecule has 0 saturated heterocycles. The predicted octanol–water partition coefficient (Wildman–Crippen LogP) is 5.23. The summed E-state index contributed by atoms with van der Waals surface area (Å²) in [5.41, 5.74) is 4.83. The van der Waals surface area contributed by atoms with E-state index in [1.807, 2.05) is 37.3 Å². The van der Waals surface area contributed by atoms with Crippen molar-refractivity contribution in [2.75, 3.05) is 0 Å². The molecule has 24 heavy (non-hydrogen) atoms. The number of H-pyrrole nitrogens is 1. The van der Waals surface area contributed by atoms with Crippen LogP contribution in [0.3, 0.4) is 0 Å². The number of fused-ring (bicyclic) bond motifs is 1. The third-order valence-corrected chi connectivity index (χ3v) is 4.38. The predicted molar refractivity (Wildman–Crippen MR) is 103 cm³/mol. The molecule has 0 aliphatic rings. The zero-order valence-corrected chi connectivity index (χ0v) is 15.8. The van der Waals surface area contributed by atoms with Crippen molar-refractivity contribution < 1.29 is 4.43 Å². The molecule has 0 aliphatic carbocycles. The largest absolute Gasteiger partial charge is 0.543 e. The van der Waals surface area contributed by atoms with Gasteiger partial charge < -0.3 is 9.41 Å². The van der Waals surface area contributed by atoms with Gasteiger partial charge in [-0.05, 0) is 63.3 Å². The molecule has 1 aromatic heterocycles. The average molecular weight is 337 g/mol. The highest BCUT2D eigenvalue weighted by Crippen LogP contribution is 2.31. The molecule has 5 heteroatoms. The molecule has 0 aliphatic heterocycles. The standard InChI is InChI=1S/C19H23N3OSi/c1-13-10-11-18(23-24(3,4)5)17(12-13)20-14(2)19-21-15-8-6-7-9-16(15)22-19/h6-12H,1-5H3,(H,21,22). The molecule has 0 spiro atoms. The fraction of sp³-hybridized carbons (Fsp3) is 0.263. The number of hydrogen-bond donors (Lipinski definition) is 1. The van der Waals surface area contributed by atoms with Gasteiger partial charge in [0.05, 0.1) is 16.7 Å². The van der Waals surface area contributed by atoms with Crippen molar-refractivity contribution >= 4 is 30.7 Å². The number of benzene rings is 2. The Bertz CT molecular complexity index is 873. The second-order valence-electron chi connectivity index (χ2n) is 6.99. The molecule has 0 saturated carbocycles. The molecule has 3 aromatic rings. The van der Waals surface area contributed by atoms with Gasteiger partial charge in [0.2, 0.25) is 8.32 Å². The number of aromatic nitrogens is 2. The second kappa shape index (κ2) is 6.24. The normalized spacial score (nSPS) is 12.6. The number of nitrogens with zero attached hydrogens (tertiary/aromatic N) is 2. The molecule has 0 bridgehead atoms. The Hall–Kier alpha value is -2.40. The maximum absolute atomic E-state index is 6.18. The summed E-state index contributed by atoms with van der Waals surface area (Å²) in [6.45, 7) is 10.6. The molecule has 0 amide bonds. The van der Waals surface area contributed by atoms with Crippen molar-refractivity contribution in [1.82, 2.24) is 9.97 Å². The molecule has 3 rings (SSSR count). The van der Waals surface area contributed by atoms with E-state index < -0.39 is 8.32 Å². The molecule has 0 atom stereocenters. The first-order valence-electron chi connectivity index (χ1n) is 8.12. The van der Waals surface area contributed by atoms with Gasteiger partial charge in [0.25, 0.3) is 0 Å². The summed E-state index contributed by atoms with van der Waals surface area (Å²) in [5, 5.41) is 0. The van der Waals surface area contributed by atoms with Crippen LogP contribution >= 0.6 is 0 Å². The highest BCUT2D eigenvalue weighted by Gasteiger charge is 2.18. The first-order chi connectivity index (χ1) is 11.3. The van der Waals surface area contributed by atoms with Crippen LogP contribution in [-0.4, -0.2) is 24.0 Å². The highest BCUT2D eigenvalue weighted by molar-refractivity contribution is 6.70. The van der Waals surface area contributed by atoms with Gasteiger partial charge in [-0.3, -0.25) is 0 Å². The molecule has 0 radical (unpaired) electrons. The van der Waals surface area contributed by atoms with E-state index >= 15 is 0 Å². The maximum atomic E-state index is 6.18. The van der Waals surface area contributed by atoms with Gasteiger partial charge in [-0.1, -0.05) is 18.2 Å². The van der Waals surface area contributed by atoms with Gasteiger partial charge in [-0.25, -0.2) is 9.98 Å². The van der Waals surface area contributed by atoms with Gasteiger partial charge in [0, 0.05) is 0 Å². The van der Waals surface area contributed by atoms with Crippen molar-refractivity contribution in [2.24, 2.45) is 4.99 Å². The molecule has 1 heterocycles. The smallest absolute Gasteiger partial charge is 0.242 e.